The molecule has 1 saturated carbocycles. The molecule has 0 radical (unpaired) electrons. The Balaban J connectivity index is 2.47. The van der Waals surface area contributed by atoms with Gasteiger partial charge in [-0.1, -0.05) is 53.4 Å². The maximum absolute atomic E-state index is 6.11. The summed E-state index contributed by atoms with van der Waals surface area (Å²) >= 11 is 0. The maximum atomic E-state index is 6.11. The van der Waals surface area contributed by atoms with Crippen LogP contribution in [0.25, 0.3) is 0 Å². The van der Waals surface area contributed by atoms with Gasteiger partial charge in [-0.3, -0.25) is 0 Å². The van der Waals surface area contributed by atoms with Crippen LogP contribution in [-0.4, -0.2) is 6.04 Å². The predicted octanol–water partition coefficient (Wildman–Crippen LogP) is 3.19. The van der Waals surface area contributed by atoms with Crippen LogP contribution in [0.5, 0.6) is 0 Å². The van der Waals surface area contributed by atoms with Crippen LogP contribution in [0.3, 0.4) is 0 Å². The normalized spacial score (nSPS) is 30.9. The van der Waals surface area contributed by atoms with Gasteiger partial charge >= 0.3 is 0 Å². The molecular weight excluding hydrogens is 158 g/mol. The van der Waals surface area contributed by atoms with Gasteiger partial charge < -0.3 is 5.73 Å². The van der Waals surface area contributed by atoms with Crippen LogP contribution in [0.1, 0.15) is 53.4 Å². The van der Waals surface area contributed by atoms with Crippen LogP contribution in [0.2, 0.25) is 0 Å². The zero-order valence-corrected chi connectivity index (χ0v) is 9.64. The molecule has 2 N–H and O–H groups in total. The van der Waals surface area contributed by atoms with E-state index in [0.29, 0.717) is 11.5 Å². The van der Waals surface area contributed by atoms with Gasteiger partial charge in [0.05, 0.1) is 0 Å². The van der Waals surface area contributed by atoms with E-state index in [4.69, 9.17) is 5.73 Å². The Morgan fingerprint density at radius 1 is 1.15 bits per heavy atom. The highest BCUT2D eigenvalue weighted by Crippen LogP contribution is 2.56. The first-order chi connectivity index (χ1) is 6.05. The van der Waals surface area contributed by atoms with Crippen molar-refractivity contribution in [2.75, 3.05) is 0 Å². The van der Waals surface area contributed by atoms with Crippen molar-refractivity contribution in [3.63, 3.8) is 0 Å². The van der Waals surface area contributed by atoms with Gasteiger partial charge in [0.2, 0.25) is 0 Å². The summed E-state index contributed by atoms with van der Waals surface area (Å²) in [5.74, 6) is 1.69. The Morgan fingerprint density at radius 3 is 1.77 bits per heavy atom. The quantitative estimate of drug-likeness (QED) is 0.696. The number of nitrogens with two attached hydrogens (primary N) is 1. The van der Waals surface area contributed by atoms with E-state index < -0.39 is 0 Å². The second kappa shape index (κ2) is 4.00. The largest absolute Gasteiger partial charge is 0.327 e. The second-order valence-electron chi connectivity index (χ2n) is 5.21. The Kier molecular flexibility index (Phi) is 3.39. The van der Waals surface area contributed by atoms with Gasteiger partial charge in [-0.25, -0.2) is 0 Å². The highest BCUT2D eigenvalue weighted by Gasteiger charge is 2.57. The topological polar surface area (TPSA) is 26.0 Å². The van der Waals surface area contributed by atoms with Crippen molar-refractivity contribution < 1.29 is 0 Å². The fraction of sp³-hybridized carbons (Fsp3) is 1.00. The molecule has 0 saturated heterocycles. The molecule has 0 amide bonds. The van der Waals surface area contributed by atoms with Crippen LogP contribution in [-0.2, 0) is 0 Å². The van der Waals surface area contributed by atoms with E-state index in [1.54, 1.807) is 0 Å². The molecule has 0 heterocycles. The van der Waals surface area contributed by atoms with Crippen LogP contribution >= 0.6 is 0 Å². The molecule has 1 heteroatoms. The third-order valence-electron chi connectivity index (χ3n) is 3.82. The molecule has 0 aromatic heterocycles. The van der Waals surface area contributed by atoms with Crippen LogP contribution in [0.15, 0.2) is 0 Å². The minimum atomic E-state index is 0.426. The summed E-state index contributed by atoms with van der Waals surface area (Å²) in [7, 11) is 0. The van der Waals surface area contributed by atoms with Crippen molar-refractivity contribution in [3.05, 3.63) is 0 Å². The lowest BCUT2D eigenvalue weighted by molar-refractivity contribution is 0.342. The summed E-state index contributed by atoms with van der Waals surface area (Å²) in [6.07, 6.45) is 5.36. The van der Waals surface area contributed by atoms with E-state index in [2.05, 4.69) is 27.7 Å². The van der Waals surface area contributed by atoms with Crippen molar-refractivity contribution in [3.8, 4) is 0 Å². The summed E-state index contributed by atoms with van der Waals surface area (Å²) < 4.78 is 0. The van der Waals surface area contributed by atoms with E-state index in [9.17, 15) is 0 Å². The molecule has 2 unspecified atom stereocenters. The van der Waals surface area contributed by atoms with Crippen molar-refractivity contribution in [1.29, 1.82) is 0 Å². The zero-order chi connectivity index (χ0) is 10.1. The molecule has 0 aliphatic heterocycles. The van der Waals surface area contributed by atoms with E-state index in [1.807, 2.05) is 0 Å². The molecule has 2 atom stereocenters. The van der Waals surface area contributed by atoms with Crippen molar-refractivity contribution in [1.82, 2.24) is 0 Å². The van der Waals surface area contributed by atoms with Crippen molar-refractivity contribution in [2.24, 2.45) is 23.0 Å². The van der Waals surface area contributed by atoms with Crippen LogP contribution in [0, 0.1) is 17.3 Å². The molecule has 0 aromatic carbocycles. The highest BCUT2D eigenvalue weighted by molar-refractivity contribution is 5.10. The van der Waals surface area contributed by atoms with E-state index in [-0.39, 0.29) is 0 Å². The lowest BCUT2D eigenvalue weighted by Crippen LogP contribution is -2.10. The lowest BCUT2D eigenvalue weighted by Gasteiger charge is -2.16. The maximum Gasteiger partial charge on any atom is 0.0130 e. The molecule has 0 bridgehead atoms. The average Bonchev–Trinajstić information content (AvgIpc) is 2.52. The SMILES string of the molecule is CCCC(CCC)C1C(N)C1(C)C. The average molecular weight is 183 g/mol. The van der Waals surface area contributed by atoms with Gasteiger partial charge in [0.25, 0.3) is 0 Å². The van der Waals surface area contributed by atoms with Gasteiger partial charge in [0, 0.05) is 6.04 Å². The minimum Gasteiger partial charge on any atom is -0.327 e. The van der Waals surface area contributed by atoms with E-state index in [1.165, 1.54) is 25.7 Å². The summed E-state index contributed by atoms with van der Waals surface area (Å²) in [6.45, 7) is 9.20. The minimum absolute atomic E-state index is 0.426. The summed E-state index contributed by atoms with van der Waals surface area (Å²) in [6, 6.07) is 0.468. The predicted molar refractivity (Wildman–Crippen MR) is 58.6 cm³/mol. The Hall–Kier alpha value is -0.0400. The van der Waals surface area contributed by atoms with Crippen LogP contribution < -0.4 is 5.73 Å². The second-order valence-corrected chi connectivity index (χ2v) is 5.21. The van der Waals surface area contributed by atoms with Gasteiger partial charge in [-0.2, -0.15) is 0 Å². The highest BCUT2D eigenvalue weighted by atomic mass is 14.8. The van der Waals surface area contributed by atoms with Crippen molar-refractivity contribution in [2.45, 2.75) is 59.4 Å². The molecular formula is C12H25N. The van der Waals surface area contributed by atoms with Crippen LogP contribution in [0.4, 0.5) is 0 Å². The first-order valence-electron chi connectivity index (χ1n) is 5.81. The Labute approximate surface area is 83.1 Å². The molecule has 78 valence electrons. The molecule has 13 heavy (non-hydrogen) atoms. The van der Waals surface area contributed by atoms with Gasteiger partial charge in [-0.05, 0) is 17.3 Å². The Bertz CT molecular complexity index is 157. The van der Waals surface area contributed by atoms with Gasteiger partial charge in [0.1, 0.15) is 0 Å². The molecule has 0 spiro atoms. The van der Waals surface area contributed by atoms with Gasteiger partial charge in [-0.15, -0.1) is 0 Å². The monoisotopic (exact) mass is 183 g/mol. The number of hydrogen-bond acceptors (Lipinski definition) is 1. The molecule has 0 aromatic rings. The molecule has 1 nitrogen and oxygen atoms in total. The molecule has 1 fully saturated rings. The first-order valence-corrected chi connectivity index (χ1v) is 5.81. The fourth-order valence-electron chi connectivity index (χ4n) is 2.86. The number of rotatable bonds is 5. The van der Waals surface area contributed by atoms with E-state index in [0.717, 1.165) is 11.8 Å². The standard InChI is InChI=1S/C12H25N/c1-5-7-9(8-6-2)10-11(13)12(10,3)4/h9-11H,5-8,13H2,1-4H3. The molecule has 1 aliphatic carbocycles. The third kappa shape index (κ3) is 2.07. The lowest BCUT2D eigenvalue weighted by atomic mass is 9.89. The van der Waals surface area contributed by atoms with Gasteiger partial charge in [0.15, 0.2) is 0 Å². The zero-order valence-electron chi connectivity index (χ0n) is 9.64. The summed E-state index contributed by atoms with van der Waals surface area (Å²) in [4.78, 5) is 0. The summed E-state index contributed by atoms with van der Waals surface area (Å²) in [5.41, 5.74) is 6.53. The molecule has 1 aliphatic rings. The first kappa shape index (κ1) is 11.0. The smallest absolute Gasteiger partial charge is 0.0130 e. The number of hydrogen-bond donors (Lipinski definition) is 1. The van der Waals surface area contributed by atoms with E-state index >= 15 is 0 Å². The fourth-order valence-corrected chi connectivity index (χ4v) is 2.86. The van der Waals surface area contributed by atoms with Crippen molar-refractivity contribution >= 4 is 0 Å². The Morgan fingerprint density at radius 2 is 1.54 bits per heavy atom. The third-order valence-corrected chi connectivity index (χ3v) is 3.82. The molecule has 1 rings (SSSR count). The summed E-state index contributed by atoms with van der Waals surface area (Å²) in [5, 5.41) is 0.